The molecule has 0 fully saturated rings. The topological polar surface area (TPSA) is 20.3 Å². The maximum atomic E-state index is 12.8. The van der Waals surface area contributed by atoms with Crippen LogP contribution in [0.3, 0.4) is 0 Å². The molecule has 124 valence electrons. The van der Waals surface area contributed by atoms with Crippen molar-refractivity contribution in [3.8, 4) is 22.3 Å². The van der Waals surface area contributed by atoms with Gasteiger partial charge in [-0.1, -0.05) is 72.8 Å². The molecule has 2 nitrogen and oxygen atoms in total. The zero-order chi connectivity index (χ0) is 17.7. The normalized spacial score (nSPS) is 12.8. The highest BCUT2D eigenvalue weighted by Gasteiger charge is 2.31. The summed E-state index contributed by atoms with van der Waals surface area (Å²) in [6.45, 7) is 0. The first-order chi connectivity index (χ1) is 12.8. The minimum Gasteiger partial charge on any atom is -0.310 e. The molecule has 1 heterocycles. The number of hydrogen-bond donors (Lipinski definition) is 0. The molecule has 0 spiro atoms. The van der Waals surface area contributed by atoms with Gasteiger partial charge in [0.05, 0.1) is 5.69 Å². The molecule has 1 aliphatic heterocycles. The first-order valence-electron chi connectivity index (χ1n) is 8.74. The van der Waals surface area contributed by atoms with Gasteiger partial charge in [-0.15, -0.1) is 0 Å². The van der Waals surface area contributed by atoms with Crippen molar-refractivity contribution in [3.05, 3.63) is 90.5 Å². The zero-order valence-corrected chi connectivity index (χ0v) is 14.4. The van der Waals surface area contributed by atoms with Crippen LogP contribution in [0.5, 0.6) is 0 Å². The molecule has 1 amide bonds. The fraction of sp³-hybridized carbons (Fsp3) is 0.0417. The highest BCUT2D eigenvalue weighted by molar-refractivity contribution is 6.29. The van der Waals surface area contributed by atoms with Crippen molar-refractivity contribution >= 4 is 22.4 Å². The summed E-state index contributed by atoms with van der Waals surface area (Å²) < 4.78 is 0. The molecule has 5 rings (SSSR count). The number of rotatable bonds is 2. The number of amides is 1. The smallest absolute Gasteiger partial charge is 0.258 e. The molecule has 0 saturated carbocycles. The van der Waals surface area contributed by atoms with Crippen LogP contribution in [-0.2, 0) is 0 Å². The van der Waals surface area contributed by atoms with Crippen molar-refractivity contribution in [2.45, 2.75) is 0 Å². The van der Waals surface area contributed by atoms with Crippen LogP contribution >= 0.6 is 0 Å². The summed E-state index contributed by atoms with van der Waals surface area (Å²) in [4.78, 5) is 14.6. The number of carbonyl (C=O) groups excluding carboxylic acids is 1. The van der Waals surface area contributed by atoms with Crippen LogP contribution in [0, 0.1) is 0 Å². The minimum atomic E-state index is 0.0630. The maximum absolute atomic E-state index is 12.8. The van der Waals surface area contributed by atoms with Gasteiger partial charge in [0.2, 0.25) is 0 Å². The Kier molecular flexibility index (Phi) is 3.19. The number of hydrogen-bond acceptors (Lipinski definition) is 1. The van der Waals surface area contributed by atoms with E-state index in [4.69, 9.17) is 0 Å². The average Bonchev–Trinajstić information content (AvgIpc) is 2.97. The molecule has 1 aliphatic rings. The number of nitrogens with zero attached hydrogens (tertiary/aromatic N) is 1. The second-order valence-corrected chi connectivity index (χ2v) is 6.64. The molecule has 0 aliphatic carbocycles. The molecule has 4 aromatic rings. The fourth-order valence-electron chi connectivity index (χ4n) is 3.96. The SMILES string of the molecule is CN1C(=O)c2cccc3c(-c4ccccc4)cc(-c4ccccc4)c1c23. The van der Waals surface area contributed by atoms with Gasteiger partial charge in [0.25, 0.3) is 5.91 Å². The Morgan fingerprint density at radius 3 is 1.92 bits per heavy atom. The van der Waals surface area contributed by atoms with E-state index in [1.807, 2.05) is 43.4 Å². The molecule has 0 N–H and O–H groups in total. The molecule has 0 unspecified atom stereocenters. The van der Waals surface area contributed by atoms with Gasteiger partial charge in [-0.3, -0.25) is 4.79 Å². The average molecular weight is 335 g/mol. The van der Waals surface area contributed by atoms with Gasteiger partial charge in [-0.25, -0.2) is 0 Å². The van der Waals surface area contributed by atoms with Crippen molar-refractivity contribution in [1.82, 2.24) is 0 Å². The lowest BCUT2D eigenvalue weighted by atomic mass is 9.90. The summed E-state index contributed by atoms with van der Waals surface area (Å²) >= 11 is 0. The summed E-state index contributed by atoms with van der Waals surface area (Å²) in [7, 11) is 1.87. The number of anilines is 1. The highest BCUT2D eigenvalue weighted by atomic mass is 16.2. The Hall–Kier alpha value is -3.39. The van der Waals surface area contributed by atoms with Crippen LogP contribution in [0.15, 0.2) is 84.9 Å². The zero-order valence-electron chi connectivity index (χ0n) is 14.4. The van der Waals surface area contributed by atoms with Crippen molar-refractivity contribution in [3.63, 3.8) is 0 Å². The quantitative estimate of drug-likeness (QED) is 0.456. The minimum absolute atomic E-state index is 0.0630. The van der Waals surface area contributed by atoms with E-state index < -0.39 is 0 Å². The molecule has 0 aromatic heterocycles. The number of benzene rings is 4. The van der Waals surface area contributed by atoms with E-state index in [1.54, 1.807) is 4.90 Å². The van der Waals surface area contributed by atoms with Crippen LogP contribution < -0.4 is 4.90 Å². The lowest BCUT2D eigenvalue weighted by Gasteiger charge is -2.18. The van der Waals surface area contributed by atoms with Crippen LogP contribution in [0.2, 0.25) is 0 Å². The van der Waals surface area contributed by atoms with E-state index >= 15 is 0 Å². The van der Waals surface area contributed by atoms with Gasteiger partial charge in [0.15, 0.2) is 0 Å². The summed E-state index contributed by atoms with van der Waals surface area (Å²) in [5.41, 5.74) is 6.33. The summed E-state index contributed by atoms with van der Waals surface area (Å²) in [5, 5.41) is 2.18. The lowest BCUT2D eigenvalue weighted by molar-refractivity contribution is 0.0999. The van der Waals surface area contributed by atoms with Gasteiger partial charge in [0, 0.05) is 23.6 Å². The van der Waals surface area contributed by atoms with Gasteiger partial charge < -0.3 is 4.90 Å². The van der Waals surface area contributed by atoms with E-state index in [0.717, 1.165) is 44.3 Å². The predicted molar refractivity (Wildman–Crippen MR) is 108 cm³/mol. The highest BCUT2D eigenvalue weighted by Crippen LogP contribution is 2.47. The standard InChI is InChI=1S/C24H17NO/c1-25-23-21(17-11-6-3-7-12-17)15-20(16-9-4-2-5-10-16)18-13-8-14-19(22(18)23)24(25)26/h2-15H,1H3. The number of carbonyl (C=O) groups is 1. The Morgan fingerprint density at radius 2 is 1.27 bits per heavy atom. The molecular weight excluding hydrogens is 318 g/mol. The Morgan fingerprint density at radius 1 is 0.654 bits per heavy atom. The molecule has 0 atom stereocenters. The molecular formula is C24H17NO. The molecule has 0 saturated heterocycles. The maximum Gasteiger partial charge on any atom is 0.258 e. The van der Waals surface area contributed by atoms with Crippen LogP contribution in [-0.4, -0.2) is 13.0 Å². The third-order valence-corrected chi connectivity index (χ3v) is 5.18. The van der Waals surface area contributed by atoms with Gasteiger partial charge in [0.1, 0.15) is 0 Å². The fourth-order valence-corrected chi connectivity index (χ4v) is 3.96. The third-order valence-electron chi connectivity index (χ3n) is 5.18. The molecule has 4 aromatic carbocycles. The van der Waals surface area contributed by atoms with E-state index in [0.29, 0.717) is 0 Å². The van der Waals surface area contributed by atoms with Gasteiger partial charge >= 0.3 is 0 Å². The van der Waals surface area contributed by atoms with Gasteiger partial charge in [-0.05, 0) is 34.2 Å². The largest absolute Gasteiger partial charge is 0.310 e. The van der Waals surface area contributed by atoms with Crippen molar-refractivity contribution in [2.24, 2.45) is 0 Å². The molecule has 0 bridgehead atoms. The van der Waals surface area contributed by atoms with Gasteiger partial charge in [-0.2, -0.15) is 0 Å². The Bertz CT molecular complexity index is 1150. The second-order valence-electron chi connectivity index (χ2n) is 6.64. The first-order valence-corrected chi connectivity index (χ1v) is 8.74. The van der Waals surface area contributed by atoms with Crippen molar-refractivity contribution in [2.75, 3.05) is 11.9 Å². The van der Waals surface area contributed by atoms with E-state index in [-0.39, 0.29) is 5.91 Å². The van der Waals surface area contributed by atoms with E-state index in [1.165, 1.54) is 0 Å². The monoisotopic (exact) mass is 335 g/mol. The van der Waals surface area contributed by atoms with Crippen LogP contribution in [0.1, 0.15) is 10.4 Å². The van der Waals surface area contributed by atoms with Crippen LogP contribution in [0.4, 0.5) is 5.69 Å². The lowest BCUT2D eigenvalue weighted by Crippen LogP contribution is -2.21. The summed E-state index contributed by atoms with van der Waals surface area (Å²) in [5.74, 6) is 0.0630. The van der Waals surface area contributed by atoms with E-state index in [9.17, 15) is 4.79 Å². The van der Waals surface area contributed by atoms with Crippen LogP contribution in [0.25, 0.3) is 33.0 Å². The van der Waals surface area contributed by atoms with E-state index in [2.05, 4.69) is 48.5 Å². The molecule has 26 heavy (non-hydrogen) atoms. The van der Waals surface area contributed by atoms with Crippen molar-refractivity contribution in [1.29, 1.82) is 0 Å². The molecule has 0 radical (unpaired) electrons. The summed E-state index contributed by atoms with van der Waals surface area (Å²) in [6, 6.07) is 28.9. The van der Waals surface area contributed by atoms with Crippen molar-refractivity contribution < 1.29 is 4.79 Å². The second kappa shape index (κ2) is 5.57. The summed E-state index contributed by atoms with van der Waals surface area (Å²) in [6.07, 6.45) is 0. The molecule has 2 heteroatoms. The Balaban J connectivity index is 1.95. The predicted octanol–water partition coefficient (Wildman–Crippen LogP) is 5.76. The first kappa shape index (κ1) is 14.9. The Labute approximate surface area is 152 Å². The third kappa shape index (κ3) is 2.02.